The fourth-order valence-corrected chi connectivity index (χ4v) is 1.14. The Hall–Kier alpha value is -2.63. The van der Waals surface area contributed by atoms with Gasteiger partial charge >= 0.3 is 17.9 Å². The molecule has 0 atom stereocenters. The zero-order chi connectivity index (χ0) is 15.5. The van der Waals surface area contributed by atoms with Crippen LogP contribution in [-0.4, -0.2) is 33.2 Å². The third-order valence-corrected chi connectivity index (χ3v) is 2.15. The van der Waals surface area contributed by atoms with Gasteiger partial charge in [0.05, 0.1) is 0 Å². The lowest BCUT2D eigenvalue weighted by molar-refractivity contribution is -0.137. The SMILES string of the molecule is C/C(=C/C(=O)O)C(=O)O.O=C(O)CCc1ccccc1. The second-order valence-corrected chi connectivity index (χ2v) is 3.85. The molecule has 0 unspecified atom stereocenters. The number of carbonyl (C=O) groups is 3. The molecule has 6 heteroatoms. The van der Waals surface area contributed by atoms with Gasteiger partial charge in [0.25, 0.3) is 0 Å². The zero-order valence-electron chi connectivity index (χ0n) is 10.9. The maximum absolute atomic E-state index is 10.2. The highest BCUT2D eigenvalue weighted by Gasteiger charge is 2.00. The maximum Gasteiger partial charge on any atom is 0.331 e. The van der Waals surface area contributed by atoms with Gasteiger partial charge in [0.2, 0.25) is 0 Å². The molecule has 0 radical (unpaired) electrons. The molecule has 0 aliphatic rings. The van der Waals surface area contributed by atoms with Gasteiger partial charge in [0.15, 0.2) is 0 Å². The summed E-state index contributed by atoms with van der Waals surface area (Å²) < 4.78 is 0. The molecule has 1 rings (SSSR count). The van der Waals surface area contributed by atoms with E-state index < -0.39 is 17.9 Å². The van der Waals surface area contributed by atoms with Crippen LogP contribution in [0.25, 0.3) is 0 Å². The van der Waals surface area contributed by atoms with E-state index in [1.807, 2.05) is 30.3 Å². The van der Waals surface area contributed by atoms with Gasteiger partial charge in [-0.05, 0) is 18.9 Å². The van der Waals surface area contributed by atoms with Crippen molar-refractivity contribution in [2.24, 2.45) is 0 Å². The summed E-state index contributed by atoms with van der Waals surface area (Å²) in [5, 5.41) is 24.5. The predicted molar refractivity (Wildman–Crippen MR) is 71.4 cm³/mol. The smallest absolute Gasteiger partial charge is 0.331 e. The third-order valence-electron chi connectivity index (χ3n) is 2.15. The molecule has 0 fully saturated rings. The molecule has 0 saturated heterocycles. The first-order chi connectivity index (χ1) is 9.32. The topological polar surface area (TPSA) is 112 Å². The van der Waals surface area contributed by atoms with E-state index in [9.17, 15) is 14.4 Å². The van der Waals surface area contributed by atoms with E-state index in [0.717, 1.165) is 5.56 Å². The van der Waals surface area contributed by atoms with Crippen LogP contribution in [0.5, 0.6) is 0 Å². The molecule has 1 aromatic carbocycles. The van der Waals surface area contributed by atoms with Crippen LogP contribution in [0, 0.1) is 0 Å². The number of hydrogen-bond acceptors (Lipinski definition) is 3. The predicted octanol–water partition coefficient (Wildman–Crippen LogP) is 1.81. The number of carboxylic acids is 3. The Morgan fingerprint density at radius 1 is 1.05 bits per heavy atom. The van der Waals surface area contributed by atoms with Gasteiger partial charge < -0.3 is 15.3 Å². The second-order valence-electron chi connectivity index (χ2n) is 3.85. The molecule has 0 heterocycles. The average molecular weight is 280 g/mol. The molecule has 1 aromatic rings. The van der Waals surface area contributed by atoms with Gasteiger partial charge in [-0.1, -0.05) is 30.3 Å². The summed E-state index contributed by atoms with van der Waals surface area (Å²) in [6, 6.07) is 9.62. The zero-order valence-corrected chi connectivity index (χ0v) is 10.9. The van der Waals surface area contributed by atoms with Crippen molar-refractivity contribution in [3.63, 3.8) is 0 Å². The minimum absolute atomic E-state index is 0.178. The molecule has 108 valence electrons. The van der Waals surface area contributed by atoms with Gasteiger partial charge in [-0.2, -0.15) is 0 Å². The minimum Gasteiger partial charge on any atom is -0.481 e. The Morgan fingerprint density at radius 2 is 1.60 bits per heavy atom. The number of hydrogen-bond donors (Lipinski definition) is 3. The number of carboxylic acid groups (broad SMARTS) is 3. The van der Waals surface area contributed by atoms with E-state index in [2.05, 4.69) is 0 Å². The van der Waals surface area contributed by atoms with Crippen LogP contribution in [-0.2, 0) is 20.8 Å². The highest BCUT2D eigenvalue weighted by molar-refractivity contribution is 5.93. The Morgan fingerprint density at radius 3 is 1.95 bits per heavy atom. The largest absolute Gasteiger partial charge is 0.481 e. The highest BCUT2D eigenvalue weighted by atomic mass is 16.4. The van der Waals surface area contributed by atoms with E-state index in [-0.39, 0.29) is 12.0 Å². The van der Waals surface area contributed by atoms with Gasteiger partial charge in [-0.3, -0.25) is 4.79 Å². The van der Waals surface area contributed by atoms with Gasteiger partial charge in [0.1, 0.15) is 0 Å². The van der Waals surface area contributed by atoms with E-state index in [1.54, 1.807) is 0 Å². The summed E-state index contributed by atoms with van der Waals surface area (Å²) in [7, 11) is 0. The molecule has 0 aliphatic carbocycles. The molecule has 6 nitrogen and oxygen atoms in total. The lowest BCUT2D eigenvalue weighted by atomic mass is 10.1. The Bertz CT molecular complexity index is 490. The van der Waals surface area contributed by atoms with Crippen molar-refractivity contribution in [2.75, 3.05) is 0 Å². The summed E-state index contributed by atoms with van der Waals surface area (Å²) in [6.07, 6.45) is 1.47. The molecule has 0 aliphatic heterocycles. The first-order valence-electron chi connectivity index (χ1n) is 5.73. The molecule has 3 N–H and O–H groups in total. The number of aliphatic carboxylic acids is 3. The van der Waals surface area contributed by atoms with E-state index in [4.69, 9.17) is 15.3 Å². The molecule has 0 aromatic heterocycles. The fraction of sp³-hybridized carbons (Fsp3) is 0.214. The van der Waals surface area contributed by atoms with Crippen molar-refractivity contribution in [1.82, 2.24) is 0 Å². The van der Waals surface area contributed by atoms with Gasteiger partial charge in [-0.25, -0.2) is 9.59 Å². The molecular weight excluding hydrogens is 264 g/mol. The summed E-state index contributed by atoms with van der Waals surface area (Å²) in [5.74, 6) is -3.19. The van der Waals surface area contributed by atoms with Crippen LogP contribution in [0.15, 0.2) is 42.0 Å². The summed E-state index contributed by atoms with van der Waals surface area (Å²) in [6.45, 7) is 1.22. The minimum atomic E-state index is -1.24. The number of rotatable bonds is 5. The molecule has 0 bridgehead atoms. The molecule has 0 amide bonds. The lowest BCUT2D eigenvalue weighted by Crippen LogP contribution is -1.99. The lowest BCUT2D eigenvalue weighted by Gasteiger charge is -1.95. The van der Waals surface area contributed by atoms with E-state index in [1.165, 1.54) is 6.92 Å². The molecular formula is C14H16O6. The number of aryl methyl sites for hydroxylation is 1. The number of benzene rings is 1. The van der Waals surface area contributed by atoms with Crippen molar-refractivity contribution in [3.05, 3.63) is 47.5 Å². The third kappa shape index (κ3) is 9.41. The van der Waals surface area contributed by atoms with Crippen LogP contribution in [0.4, 0.5) is 0 Å². The van der Waals surface area contributed by atoms with Crippen LogP contribution >= 0.6 is 0 Å². The average Bonchev–Trinajstić information content (AvgIpc) is 2.37. The van der Waals surface area contributed by atoms with Gasteiger partial charge in [-0.15, -0.1) is 0 Å². The second kappa shape index (κ2) is 9.32. The molecule has 20 heavy (non-hydrogen) atoms. The van der Waals surface area contributed by atoms with E-state index in [0.29, 0.717) is 12.5 Å². The first kappa shape index (κ1) is 17.4. The summed E-state index contributed by atoms with van der Waals surface area (Å²) in [4.78, 5) is 29.9. The quantitative estimate of drug-likeness (QED) is 0.709. The molecule has 0 saturated carbocycles. The fourth-order valence-electron chi connectivity index (χ4n) is 1.14. The first-order valence-corrected chi connectivity index (χ1v) is 5.73. The van der Waals surface area contributed by atoms with Gasteiger partial charge in [0, 0.05) is 18.1 Å². The van der Waals surface area contributed by atoms with Crippen LogP contribution in [0.3, 0.4) is 0 Å². The van der Waals surface area contributed by atoms with Crippen LogP contribution in [0.1, 0.15) is 18.9 Å². The maximum atomic E-state index is 10.2. The normalized spacial score (nSPS) is 10.2. The van der Waals surface area contributed by atoms with Crippen molar-refractivity contribution >= 4 is 17.9 Å². The van der Waals surface area contributed by atoms with Crippen molar-refractivity contribution in [2.45, 2.75) is 19.8 Å². The Labute approximate surface area is 116 Å². The Kier molecular flexibility index (Phi) is 8.09. The highest BCUT2D eigenvalue weighted by Crippen LogP contribution is 2.01. The molecule has 0 spiro atoms. The summed E-state index contributed by atoms with van der Waals surface area (Å²) in [5.41, 5.74) is 0.900. The Balaban J connectivity index is 0.000000370. The van der Waals surface area contributed by atoms with Crippen molar-refractivity contribution < 1.29 is 29.7 Å². The van der Waals surface area contributed by atoms with E-state index >= 15 is 0 Å². The van der Waals surface area contributed by atoms with Crippen molar-refractivity contribution in [1.29, 1.82) is 0 Å². The van der Waals surface area contributed by atoms with Crippen LogP contribution < -0.4 is 0 Å². The summed E-state index contributed by atoms with van der Waals surface area (Å²) >= 11 is 0. The standard InChI is InChI=1S/C9H10O2.C5H6O4/c10-9(11)7-6-8-4-2-1-3-5-8;1-3(5(8)9)2-4(6)7/h1-5H,6-7H2,(H,10,11);2H,1H3,(H,6,7)(H,8,9)/b;3-2-. The van der Waals surface area contributed by atoms with Crippen molar-refractivity contribution in [3.8, 4) is 0 Å². The monoisotopic (exact) mass is 280 g/mol. The van der Waals surface area contributed by atoms with Crippen LogP contribution in [0.2, 0.25) is 0 Å².